The third-order valence-corrected chi connectivity index (χ3v) is 4.24. The number of anilines is 1. The molecule has 1 fully saturated rings. The van der Waals surface area contributed by atoms with Gasteiger partial charge in [0.15, 0.2) is 13.2 Å². The van der Waals surface area contributed by atoms with Crippen molar-refractivity contribution in [2.45, 2.75) is 0 Å². The number of esters is 1. The van der Waals surface area contributed by atoms with Crippen molar-refractivity contribution in [1.82, 2.24) is 14.9 Å². The molecular formula is C19H22N4O5. The first-order valence-electron chi connectivity index (χ1n) is 8.88. The van der Waals surface area contributed by atoms with Crippen LogP contribution in [-0.2, 0) is 14.3 Å². The first kappa shape index (κ1) is 19.4. The van der Waals surface area contributed by atoms with Crippen LogP contribution >= 0.6 is 0 Å². The summed E-state index contributed by atoms with van der Waals surface area (Å²) in [5.41, 5.74) is 0. The second kappa shape index (κ2) is 9.54. The van der Waals surface area contributed by atoms with E-state index >= 15 is 0 Å². The van der Waals surface area contributed by atoms with Crippen LogP contribution in [0.1, 0.15) is 0 Å². The summed E-state index contributed by atoms with van der Waals surface area (Å²) in [6, 6.07) is 8.59. The summed E-state index contributed by atoms with van der Waals surface area (Å²) in [5.74, 6) is 1.03. The zero-order valence-corrected chi connectivity index (χ0v) is 15.6. The molecule has 28 heavy (non-hydrogen) atoms. The molecular weight excluding hydrogens is 364 g/mol. The molecule has 148 valence electrons. The topological polar surface area (TPSA) is 94.1 Å². The third kappa shape index (κ3) is 5.32. The van der Waals surface area contributed by atoms with Gasteiger partial charge in [0.25, 0.3) is 5.91 Å². The lowest BCUT2D eigenvalue weighted by Gasteiger charge is -2.34. The number of carbonyl (C=O) groups excluding carboxylic acids is 2. The molecule has 9 nitrogen and oxygen atoms in total. The minimum atomic E-state index is -0.597. The van der Waals surface area contributed by atoms with Crippen molar-refractivity contribution in [3.05, 3.63) is 42.7 Å². The molecule has 2 heterocycles. The van der Waals surface area contributed by atoms with Crippen LogP contribution in [-0.4, -0.2) is 73.2 Å². The Morgan fingerprint density at radius 2 is 1.61 bits per heavy atom. The quantitative estimate of drug-likeness (QED) is 0.644. The minimum Gasteiger partial charge on any atom is -0.497 e. The van der Waals surface area contributed by atoms with Crippen molar-refractivity contribution in [3.8, 4) is 11.5 Å². The van der Waals surface area contributed by atoms with E-state index in [0.717, 1.165) is 0 Å². The Bertz CT molecular complexity index is 777. The van der Waals surface area contributed by atoms with Gasteiger partial charge in [0, 0.05) is 38.6 Å². The molecule has 0 atom stereocenters. The molecule has 3 rings (SSSR count). The molecule has 9 heteroatoms. The van der Waals surface area contributed by atoms with E-state index in [4.69, 9.17) is 14.2 Å². The van der Waals surface area contributed by atoms with Crippen molar-refractivity contribution in [2.24, 2.45) is 0 Å². The molecule has 0 aliphatic carbocycles. The fraction of sp³-hybridized carbons (Fsp3) is 0.368. The average Bonchev–Trinajstić information content (AvgIpc) is 2.77. The minimum absolute atomic E-state index is 0.230. The Morgan fingerprint density at radius 3 is 2.25 bits per heavy atom. The SMILES string of the molecule is COc1ccc(OCC(=O)OCC(=O)N2CCN(c3ncccn3)CC2)cc1. The normalized spacial score (nSPS) is 13.8. The van der Waals surface area contributed by atoms with Gasteiger partial charge in [-0.3, -0.25) is 4.79 Å². The third-order valence-electron chi connectivity index (χ3n) is 4.24. The highest BCUT2D eigenvalue weighted by atomic mass is 16.6. The van der Waals surface area contributed by atoms with Crippen LogP contribution in [0.15, 0.2) is 42.7 Å². The molecule has 0 unspecified atom stereocenters. The Balaban J connectivity index is 1.36. The second-order valence-corrected chi connectivity index (χ2v) is 6.04. The Kier molecular flexibility index (Phi) is 6.61. The average molecular weight is 386 g/mol. The molecule has 0 radical (unpaired) electrons. The van der Waals surface area contributed by atoms with Gasteiger partial charge in [-0.25, -0.2) is 14.8 Å². The molecule has 1 amide bonds. The van der Waals surface area contributed by atoms with E-state index in [2.05, 4.69) is 9.97 Å². The van der Waals surface area contributed by atoms with Gasteiger partial charge in [0.2, 0.25) is 5.95 Å². The van der Waals surface area contributed by atoms with Crippen molar-refractivity contribution >= 4 is 17.8 Å². The number of benzene rings is 1. The fourth-order valence-corrected chi connectivity index (χ4v) is 2.70. The van der Waals surface area contributed by atoms with Gasteiger partial charge in [-0.15, -0.1) is 0 Å². The number of aromatic nitrogens is 2. The Labute approximate surface area is 162 Å². The molecule has 1 aromatic heterocycles. The van der Waals surface area contributed by atoms with E-state index in [1.165, 1.54) is 0 Å². The monoisotopic (exact) mass is 386 g/mol. The van der Waals surface area contributed by atoms with Gasteiger partial charge in [0.05, 0.1) is 7.11 Å². The first-order chi connectivity index (χ1) is 13.7. The van der Waals surface area contributed by atoms with Crippen molar-refractivity contribution in [1.29, 1.82) is 0 Å². The maximum absolute atomic E-state index is 12.2. The summed E-state index contributed by atoms with van der Waals surface area (Å²) in [4.78, 5) is 36.1. The highest BCUT2D eigenvalue weighted by molar-refractivity contribution is 5.81. The van der Waals surface area contributed by atoms with Crippen molar-refractivity contribution in [2.75, 3.05) is 51.4 Å². The van der Waals surface area contributed by atoms with Gasteiger partial charge in [0.1, 0.15) is 11.5 Å². The van der Waals surface area contributed by atoms with E-state index in [1.54, 1.807) is 54.7 Å². The number of carbonyl (C=O) groups is 2. The van der Waals surface area contributed by atoms with Gasteiger partial charge in [-0.2, -0.15) is 0 Å². The molecule has 1 saturated heterocycles. The van der Waals surface area contributed by atoms with Gasteiger partial charge >= 0.3 is 5.97 Å². The number of methoxy groups -OCH3 is 1. The van der Waals surface area contributed by atoms with Crippen molar-refractivity contribution < 1.29 is 23.8 Å². The molecule has 1 aliphatic heterocycles. The number of nitrogens with zero attached hydrogens (tertiary/aromatic N) is 4. The summed E-state index contributed by atoms with van der Waals surface area (Å²) in [6.45, 7) is 1.74. The van der Waals surface area contributed by atoms with E-state index < -0.39 is 5.97 Å². The Morgan fingerprint density at radius 1 is 0.964 bits per heavy atom. The lowest BCUT2D eigenvalue weighted by atomic mass is 10.3. The molecule has 0 spiro atoms. The largest absolute Gasteiger partial charge is 0.497 e. The summed E-state index contributed by atoms with van der Waals surface area (Å²) < 4.78 is 15.4. The van der Waals surface area contributed by atoms with Crippen LogP contribution < -0.4 is 14.4 Å². The lowest BCUT2D eigenvalue weighted by Crippen LogP contribution is -2.50. The lowest BCUT2D eigenvalue weighted by molar-refractivity contribution is -0.153. The first-order valence-corrected chi connectivity index (χ1v) is 8.88. The number of amides is 1. The highest BCUT2D eigenvalue weighted by Crippen LogP contribution is 2.17. The molecule has 0 saturated carbocycles. The maximum Gasteiger partial charge on any atom is 0.344 e. The molecule has 2 aromatic rings. The predicted octanol–water partition coefficient (Wildman–Crippen LogP) is 0.756. The number of rotatable bonds is 7. The van der Waals surface area contributed by atoms with Crippen LogP contribution in [0.3, 0.4) is 0 Å². The summed E-state index contributed by atoms with van der Waals surface area (Å²) >= 11 is 0. The van der Waals surface area contributed by atoms with E-state index in [0.29, 0.717) is 43.6 Å². The summed E-state index contributed by atoms with van der Waals surface area (Å²) in [6.07, 6.45) is 3.38. The van der Waals surface area contributed by atoms with Crippen LogP contribution in [0.4, 0.5) is 5.95 Å². The standard InChI is InChI=1S/C19H22N4O5/c1-26-15-3-5-16(6-4-15)27-14-18(25)28-13-17(24)22-9-11-23(12-10-22)19-20-7-2-8-21-19/h2-8H,9-14H2,1H3. The van der Waals surface area contributed by atoms with Gasteiger partial charge in [-0.05, 0) is 30.3 Å². The van der Waals surface area contributed by atoms with Crippen LogP contribution in [0, 0.1) is 0 Å². The number of hydrogen-bond donors (Lipinski definition) is 0. The molecule has 1 aromatic carbocycles. The number of hydrogen-bond acceptors (Lipinski definition) is 8. The van der Waals surface area contributed by atoms with Crippen LogP contribution in [0.5, 0.6) is 11.5 Å². The summed E-state index contributed by atoms with van der Waals surface area (Å²) in [5, 5.41) is 0. The zero-order chi connectivity index (χ0) is 19.8. The van der Waals surface area contributed by atoms with Crippen molar-refractivity contribution in [3.63, 3.8) is 0 Å². The smallest absolute Gasteiger partial charge is 0.344 e. The molecule has 0 N–H and O–H groups in total. The Hall–Kier alpha value is -3.36. The zero-order valence-electron chi connectivity index (χ0n) is 15.6. The van der Waals surface area contributed by atoms with E-state index in [9.17, 15) is 9.59 Å². The van der Waals surface area contributed by atoms with E-state index in [1.807, 2.05) is 4.90 Å². The maximum atomic E-state index is 12.2. The number of ether oxygens (including phenoxy) is 3. The molecule has 1 aliphatic rings. The second-order valence-electron chi connectivity index (χ2n) is 6.04. The van der Waals surface area contributed by atoms with Gasteiger partial charge in [-0.1, -0.05) is 0 Å². The highest BCUT2D eigenvalue weighted by Gasteiger charge is 2.23. The fourth-order valence-electron chi connectivity index (χ4n) is 2.70. The number of piperazine rings is 1. The molecule has 0 bridgehead atoms. The van der Waals surface area contributed by atoms with Gasteiger partial charge < -0.3 is 24.0 Å². The predicted molar refractivity (Wildman–Crippen MR) is 100 cm³/mol. The van der Waals surface area contributed by atoms with Crippen LogP contribution in [0.2, 0.25) is 0 Å². The van der Waals surface area contributed by atoms with Crippen LogP contribution in [0.25, 0.3) is 0 Å². The van der Waals surface area contributed by atoms with E-state index in [-0.39, 0.29) is 19.1 Å². The summed E-state index contributed by atoms with van der Waals surface area (Å²) in [7, 11) is 1.57.